The van der Waals surface area contributed by atoms with Crippen molar-refractivity contribution in [2.24, 2.45) is 0 Å². The highest BCUT2D eigenvalue weighted by atomic mass is 35.5. The van der Waals surface area contributed by atoms with Crippen LogP contribution in [0.1, 0.15) is 5.56 Å². The molecule has 0 spiro atoms. The first kappa shape index (κ1) is 9.98. The summed E-state index contributed by atoms with van der Waals surface area (Å²) in [5.41, 5.74) is 6.91. The van der Waals surface area contributed by atoms with E-state index in [-0.39, 0.29) is 5.82 Å². The summed E-state index contributed by atoms with van der Waals surface area (Å²) in [5.74, 6) is 0.0523. The van der Waals surface area contributed by atoms with Crippen molar-refractivity contribution < 1.29 is 4.39 Å². The van der Waals surface area contributed by atoms with Crippen molar-refractivity contribution in [2.45, 2.75) is 6.92 Å². The van der Waals surface area contributed by atoms with Crippen molar-refractivity contribution in [1.29, 1.82) is 0 Å². The van der Waals surface area contributed by atoms with Crippen LogP contribution in [0.5, 0.6) is 0 Å². The van der Waals surface area contributed by atoms with Crippen LogP contribution in [0.4, 0.5) is 10.2 Å². The first-order chi connectivity index (χ1) is 7.08. The molecule has 5 heteroatoms. The van der Waals surface area contributed by atoms with Gasteiger partial charge in [-0.3, -0.25) is 0 Å². The van der Waals surface area contributed by atoms with Gasteiger partial charge in [0.2, 0.25) is 0 Å². The van der Waals surface area contributed by atoms with E-state index >= 15 is 0 Å². The van der Waals surface area contributed by atoms with Crippen LogP contribution in [0, 0.1) is 12.7 Å². The summed E-state index contributed by atoms with van der Waals surface area (Å²) in [4.78, 5) is 0. The van der Waals surface area contributed by atoms with Crippen molar-refractivity contribution in [3.63, 3.8) is 0 Å². The van der Waals surface area contributed by atoms with E-state index in [1.807, 2.05) is 6.92 Å². The zero-order valence-electron chi connectivity index (χ0n) is 8.04. The Morgan fingerprint density at radius 3 is 2.80 bits per heavy atom. The van der Waals surface area contributed by atoms with E-state index in [4.69, 9.17) is 17.3 Å². The van der Waals surface area contributed by atoms with E-state index in [1.54, 1.807) is 6.20 Å². The molecule has 0 saturated heterocycles. The van der Waals surface area contributed by atoms with Crippen molar-refractivity contribution in [3.05, 3.63) is 40.8 Å². The Morgan fingerprint density at radius 1 is 1.47 bits per heavy atom. The third kappa shape index (κ3) is 1.80. The van der Waals surface area contributed by atoms with Gasteiger partial charge in [0, 0.05) is 17.8 Å². The monoisotopic (exact) mass is 225 g/mol. The number of rotatable bonds is 1. The highest BCUT2D eigenvalue weighted by molar-refractivity contribution is 6.32. The molecule has 15 heavy (non-hydrogen) atoms. The fourth-order valence-electron chi connectivity index (χ4n) is 1.26. The molecular weight excluding hydrogens is 217 g/mol. The quantitative estimate of drug-likeness (QED) is 0.811. The number of aryl methyl sites for hydroxylation is 1. The van der Waals surface area contributed by atoms with Gasteiger partial charge in [0.05, 0.1) is 10.7 Å². The lowest BCUT2D eigenvalue weighted by molar-refractivity contribution is 0.625. The van der Waals surface area contributed by atoms with Gasteiger partial charge >= 0.3 is 0 Å². The number of benzene rings is 1. The average molecular weight is 226 g/mol. The normalized spacial score (nSPS) is 10.6. The summed E-state index contributed by atoms with van der Waals surface area (Å²) >= 11 is 5.92. The molecule has 0 fully saturated rings. The Morgan fingerprint density at radius 2 is 2.20 bits per heavy atom. The number of halogens is 2. The van der Waals surface area contributed by atoms with Gasteiger partial charge in [-0.25, -0.2) is 9.07 Å². The van der Waals surface area contributed by atoms with Gasteiger partial charge in [-0.15, -0.1) is 0 Å². The highest BCUT2D eigenvalue weighted by Gasteiger charge is 2.07. The third-order valence-electron chi connectivity index (χ3n) is 2.09. The number of nitrogens with two attached hydrogens (primary N) is 1. The molecule has 1 aromatic carbocycles. The summed E-state index contributed by atoms with van der Waals surface area (Å²) in [5, 5.41) is 4.46. The van der Waals surface area contributed by atoms with E-state index in [1.165, 1.54) is 22.9 Å². The second-order valence-electron chi connectivity index (χ2n) is 3.24. The van der Waals surface area contributed by atoms with Crippen LogP contribution >= 0.6 is 11.6 Å². The van der Waals surface area contributed by atoms with E-state index in [9.17, 15) is 4.39 Å². The molecule has 2 N–H and O–H groups in total. The second-order valence-corrected chi connectivity index (χ2v) is 3.64. The van der Waals surface area contributed by atoms with E-state index in [2.05, 4.69) is 5.10 Å². The largest absolute Gasteiger partial charge is 0.382 e. The van der Waals surface area contributed by atoms with Crippen LogP contribution in [-0.4, -0.2) is 9.78 Å². The molecule has 2 rings (SSSR count). The van der Waals surface area contributed by atoms with Crippen LogP contribution < -0.4 is 5.73 Å². The maximum absolute atomic E-state index is 13.0. The predicted octanol–water partition coefficient (Wildman–Crippen LogP) is 2.56. The average Bonchev–Trinajstić information content (AvgIpc) is 2.51. The number of hydrogen-bond donors (Lipinski definition) is 1. The van der Waals surface area contributed by atoms with Gasteiger partial charge in [-0.05, 0) is 19.1 Å². The van der Waals surface area contributed by atoms with Crippen LogP contribution in [0.15, 0.2) is 24.4 Å². The maximum Gasteiger partial charge on any atom is 0.148 e. The molecule has 0 amide bonds. The molecular formula is C10H9ClFN3. The Bertz CT molecular complexity index is 488. The van der Waals surface area contributed by atoms with E-state index in [0.29, 0.717) is 16.5 Å². The Kier molecular flexibility index (Phi) is 2.36. The molecule has 2 aromatic rings. The summed E-state index contributed by atoms with van der Waals surface area (Å²) in [6.45, 7) is 1.83. The van der Waals surface area contributed by atoms with Crippen LogP contribution in [0.2, 0.25) is 5.02 Å². The lowest BCUT2D eigenvalue weighted by atomic mass is 10.3. The smallest absolute Gasteiger partial charge is 0.148 e. The molecule has 1 aromatic heterocycles. The van der Waals surface area contributed by atoms with E-state index in [0.717, 1.165) is 5.56 Å². The summed E-state index contributed by atoms with van der Waals surface area (Å²) in [7, 11) is 0. The summed E-state index contributed by atoms with van der Waals surface area (Å²) < 4.78 is 14.5. The second kappa shape index (κ2) is 3.55. The van der Waals surface area contributed by atoms with Crippen molar-refractivity contribution >= 4 is 17.4 Å². The Balaban J connectivity index is 2.58. The van der Waals surface area contributed by atoms with Crippen LogP contribution in [0.25, 0.3) is 5.69 Å². The lowest BCUT2D eigenvalue weighted by Gasteiger charge is -2.03. The number of anilines is 1. The third-order valence-corrected chi connectivity index (χ3v) is 2.41. The van der Waals surface area contributed by atoms with Gasteiger partial charge in [-0.1, -0.05) is 11.6 Å². The summed E-state index contributed by atoms with van der Waals surface area (Å²) in [6, 6.07) is 4.10. The fraction of sp³-hybridized carbons (Fsp3) is 0.100. The lowest BCUT2D eigenvalue weighted by Crippen LogP contribution is -1.97. The Hall–Kier alpha value is -1.55. The number of nitrogen functional groups attached to an aromatic ring is 1. The topological polar surface area (TPSA) is 43.8 Å². The zero-order valence-corrected chi connectivity index (χ0v) is 8.79. The molecule has 0 bridgehead atoms. The minimum absolute atomic E-state index is 0.360. The summed E-state index contributed by atoms with van der Waals surface area (Å²) in [6.07, 6.45) is 1.70. The van der Waals surface area contributed by atoms with Gasteiger partial charge in [-0.2, -0.15) is 5.10 Å². The molecule has 1 heterocycles. The minimum Gasteiger partial charge on any atom is -0.382 e. The molecule has 0 radical (unpaired) electrons. The minimum atomic E-state index is -0.360. The van der Waals surface area contributed by atoms with Gasteiger partial charge in [0.1, 0.15) is 11.6 Å². The molecule has 0 saturated carbocycles. The maximum atomic E-state index is 13.0. The van der Waals surface area contributed by atoms with Crippen LogP contribution in [0.3, 0.4) is 0 Å². The van der Waals surface area contributed by atoms with Gasteiger partial charge < -0.3 is 5.73 Å². The Labute approximate surface area is 91.3 Å². The predicted molar refractivity (Wildman–Crippen MR) is 57.7 cm³/mol. The molecule has 0 aliphatic carbocycles. The number of aromatic nitrogens is 2. The van der Waals surface area contributed by atoms with Crippen LogP contribution in [-0.2, 0) is 0 Å². The van der Waals surface area contributed by atoms with Crippen molar-refractivity contribution in [2.75, 3.05) is 5.73 Å². The first-order valence-electron chi connectivity index (χ1n) is 4.35. The van der Waals surface area contributed by atoms with Crippen molar-refractivity contribution in [1.82, 2.24) is 9.78 Å². The highest BCUT2D eigenvalue weighted by Crippen LogP contribution is 2.22. The first-order valence-corrected chi connectivity index (χ1v) is 4.73. The van der Waals surface area contributed by atoms with Gasteiger partial charge in [0.15, 0.2) is 0 Å². The molecule has 3 nitrogen and oxygen atoms in total. The standard InChI is InChI=1S/C10H9ClFN3/c1-6-5-15(14-10(6)13)9-4-7(12)2-3-8(9)11/h2-5H,1H3,(H2,13,14). The fourth-order valence-corrected chi connectivity index (χ4v) is 1.46. The molecule has 78 valence electrons. The van der Waals surface area contributed by atoms with Gasteiger partial charge in [0.25, 0.3) is 0 Å². The molecule has 0 unspecified atom stereocenters. The zero-order chi connectivity index (χ0) is 11.0. The van der Waals surface area contributed by atoms with E-state index < -0.39 is 0 Å². The molecule has 0 aliphatic rings. The number of hydrogen-bond acceptors (Lipinski definition) is 2. The SMILES string of the molecule is Cc1cn(-c2cc(F)ccc2Cl)nc1N. The molecule has 0 atom stereocenters. The van der Waals surface area contributed by atoms with Crippen molar-refractivity contribution in [3.8, 4) is 5.69 Å². The number of nitrogens with zero attached hydrogens (tertiary/aromatic N) is 2. The molecule has 0 aliphatic heterocycles.